The molecule has 0 spiro atoms. The van der Waals surface area contributed by atoms with Crippen LogP contribution >= 0.6 is 0 Å². The molecule has 27 heavy (non-hydrogen) atoms. The summed E-state index contributed by atoms with van der Waals surface area (Å²) in [5.74, 6) is 0.609. The molecule has 0 N–H and O–H groups in total. The van der Waals surface area contributed by atoms with Gasteiger partial charge in [-0.25, -0.2) is 15.0 Å². The van der Waals surface area contributed by atoms with Crippen molar-refractivity contribution in [2.24, 2.45) is 0 Å². The molecular weight excluding hydrogens is 344 g/mol. The fraction of sp³-hybridized carbons (Fsp3) is 0.368. The smallest absolute Gasteiger partial charge is 0.316 e. The van der Waals surface area contributed by atoms with Crippen molar-refractivity contribution in [3.63, 3.8) is 0 Å². The third-order valence-corrected chi connectivity index (χ3v) is 4.77. The van der Waals surface area contributed by atoms with E-state index in [9.17, 15) is 0 Å². The number of rotatable bonds is 5. The quantitative estimate of drug-likeness (QED) is 0.676. The molecule has 0 amide bonds. The number of piperazine rings is 1. The van der Waals surface area contributed by atoms with Gasteiger partial charge in [-0.15, -0.1) is 0 Å². The van der Waals surface area contributed by atoms with E-state index in [4.69, 9.17) is 9.47 Å². The van der Waals surface area contributed by atoms with Crippen molar-refractivity contribution in [3.05, 3.63) is 42.5 Å². The maximum absolute atomic E-state index is 5.37. The van der Waals surface area contributed by atoms with Crippen LogP contribution in [0.1, 0.15) is 5.69 Å². The number of benzene rings is 1. The Morgan fingerprint density at radius 1 is 0.963 bits per heavy atom. The predicted molar refractivity (Wildman–Crippen MR) is 102 cm³/mol. The summed E-state index contributed by atoms with van der Waals surface area (Å²) in [6.45, 7) is 4.62. The number of hydrogen-bond donors (Lipinski definition) is 0. The van der Waals surface area contributed by atoms with Gasteiger partial charge < -0.3 is 14.4 Å². The van der Waals surface area contributed by atoms with Gasteiger partial charge in [-0.1, -0.05) is 0 Å². The normalized spacial score (nSPS) is 15.1. The van der Waals surface area contributed by atoms with Crippen molar-refractivity contribution in [2.45, 2.75) is 6.54 Å². The molecule has 3 aromatic rings. The van der Waals surface area contributed by atoms with E-state index in [1.54, 1.807) is 20.4 Å². The van der Waals surface area contributed by atoms with Crippen molar-refractivity contribution >= 4 is 16.6 Å². The van der Waals surface area contributed by atoms with E-state index < -0.39 is 0 Å². The van der Waals surface area contributed by atoms with Crippen LogP contribution in [-0.2, 0) is 6.54 Å². The van der Waals surface area contributed by atoms with Crippen molar-refractivity contribution in [1.82, 2.24) is 24.8 Å². The van der Waals surface area contributed by atoms with E-state index in [1.807, 2.05) is 12.1 Å². The average Bonchev–Trinajstić information content (AvgIpc) is 2.73. The number of anilines is 1. The molecule has 0 unspecified atom stereocenters. The van der Waals surface area contributed by atoms with E-state index in [2.05, 4.69) is 41.9 Å². The molecule has 0 bridgehead atoms. The molecule has 140 valence electrons. The molecule has 2 aromatic heterocycles. The second-order valence-corrected chi connectivity index (χ2v) is 6.38. The van der Waals surface area contributed by atoms with Gasteiger partial charge in [0.1, 0.15) is 6.33 Å². The van der Waals surface area contributed by atoms with Crippen molar-refractivity contribution in [3.8, 4) is 11.9 Å². The maximum atomic E-state index is 5.37. The van der Waals surface area contributed by atoms with Gasteiger partial charge in [0, 0.05) is 44.6 Å². The van der Waals surface area contributed by atoms with Gasteiger partial charge in [0.2, 0.25) is 5.88 Å². The first kappa shape index (κ1) is 17.4. The Hall–Kier alpha value is -3.00. The van der Waals surface area contributed by atoms with E-state index >= 15 is 0 Å². The summed E-state index contributed by atoms with van der Waals surface area (Å²) in [6, 6.07) is 8.59. The van der Waals surface area contributed by atoms with Crippen LogP contribution in [0.25, 0.3) is 10.9 Å². The standard InChI is InChI=1S/C19H22N6O2/c1-26-18-16-11-15(3-4-17(16)21-13-22-18)25-9-7-24(8-10-25)12-14-5-6-20-19(23-14)27-2/h3-6,11,13H,7-10,12H2,1-2H3. The Balaban J connectivity index is 1.43. The second-order valence-electron chi connectivity index (χ2n) is 6.38. The summed E-state index contributed by atoms with van der Waals surface area (Å²) in [6.07, 6.45) is 3.27. The fourth-order valence-electron chi connectivity index (χ4n) is 3.34. The topological polar surface area (TPSA) is 76.5 Å². The van der Waals surface area contributed by atoms with E-state index in [1.165, 1.54) is 12.0 Å². The van der Waals surface area contributed by atoms with E-state index in [-0.39, 0.29) is 0 Å². The Bertz CT molecular complexity index is 927. The summed E-state index contributed by atoms with van der Waals surface area (Å²) in [5, 5.41) is 0.938. The maximum Gasteiger partial charge on any atom is 0.316 e. The molecule has 1 saturated heterocycles. The van der Waals surface area contributed by atoms with Gasteiger partial charge in [-0.2, -0.15) is 4.98 Å². The van der Waals surface area contributed by atoms with Crippen molar-refractivity contribution < 1.29 is 9.47 Å². The van der Waals surface area contributed by atoms with Gasteiger partial charge in [0.05, 0.1) is 30.8 Å². The number of nitrogens with zero attached hydrogens (tertiary/aromatic N) is 6. The van der Waals surface area contributed by atoms with Crippen molar-refractivity contribution in [2.75, 3.05) is 45.3 Å². The third-order valence-electron chi connectivity index (χ3n) is 4.77. The van der Waals surface area contributed by atoms with Crippen LogP contribution in [0.15, 0.2) is 36.8 Å². The number of methoxy groups -OCH3 is 2. The SMILES string of the molecule is COc1nccc(CN2CCN(c3ccc4ncnc(OC)c4c3)CC2)n1. The van der Waals surface area contributed by atoms with E-state index in [0.29, 0.717) is 11.9 Å². The van der Waals surface area contributed by atoms with E-state index in [0.717, 1.165) is 49.3 Å². The molecule has 8 nitrogen and oxygen atoms in total. The van der Waals surface area contributed by atoms with Crippen LogP contribution < -0.4 is 14.4 Å². The Morgan fingerprint density at radius 2 is 1.81 bits per heavy atom. The largest absolute Gasteiger partial charge is 0.480 e. The first-order chi connectivity index (χ1) is 13.3. The summed E-state index contributed by atoms with van der Waals surface area (Å²) in [5.41, 5.74) is 3.03. The Morgan fingerprint density at radius 3 is 2.59 bits per heavy atom. The highest BCUT2D eigenvalue weighted by Gasteiger charge is 2.19. The molecule has 3 heterocycles. The summed E-state index contributed by atoms with van der Waals surface area (Å²) in [7, 11) is 3.22. The predicted octanol–water partition coefficient (Wildman–Crippen LogP) is 1.76. The van der Waals surface area contributed by atoms with Gasteiger partial charge in [-0.05, 0) is 24.3 Å². The number of ether oxygens (including phenoxy) is 2. The zero-order valence-corrected chi connectivity index (χ0v) is 15.5. The molecule has 0 aliphatic carbocycles. The highest BCUT2D eigenvalue weighted by molar-refractivity contribution is 5.86. The molecule has 8 heteroatoms. The Labute approximate surface area is 157 Å². The molecule has 4 rings (SSSR count). The number of aromatic nitrogens is 4. The first-order valence-electron chi connectivity index (χ1n) is 8.89. The molecule has 0 radical (unpaired) electrons. The summed E-state index contributed by atoms with van der Waals surface area (Å²) in [4.78, 5) is 21.7. The molecule has 1 aromatic carbocycles. The van der Waals surface area contributed by atoms with Crippen molar-refractivity contribution in [1.29, 1.82) is 0 Å². The molecule has 1 fully saturated rings. The fourth-order valence-corrected chi connectivity index (χ4v) is 3.34. The molecule has 1 aliphatic rings. The second kappa shape index (κ2) is 7.71. The van der Waals surface area contributed by atoms with Crippen LogP contribution in [-0.4, -0.2) is 65.2 Å². The zero-order chi connectivity index (χ0) is 18.6. The van der Waals surface area contributed by atoms with Crippen LogP contribution in [0.2, 0.25) is 0 Å². The minimum absolute atomic E-state index is 0.415. The summed E-state index contributed by atoms with van der Waals surface area (Å²) < 4.78 is 10.5. The minimum Gasteiger partial charge on any atom is -0.480 e. The molecule has 0 atom stereocenters. The molecular formula is C19H22N6O2. The zero-order valence-electron chi connectivity index (χ0n) is 15.5. The Kier molecular flexibility index (Phi) is 4.97. The minimum atomic E-state index is 0.415. The molecule has 1 aliphatic heterocycles. The van der Waals surface area contributed by atoms with Crippen LogP contribution in [0.4, 0.5) is 5.69 Å². The van der Waals surface area contributed by atoms with Crippen LogP contribution in [0.5, 0.6) is 11.9 Å². The highest BCUT2D eigenvalue weighted by Crippen LogP contribution is 2.27. The number of fused-ring (bicyclic) bond motifs is 1. The van der Waals surface area contributed by atoms with Crippen LogP contribution in [0, 0.1) is 0 Å². The lowest BCUT2D eigenvalue weighted by atomic mass is 10.2. The van der Waals surface area contributed by atoms with Gasteiger partial charge in [-0.3, -0.25) is 4.90 Å². The van der Waals surface area contributed by atoms with Gasteiger partial charge >= 0.3 is 6.01 Å². The van der Waals surface area contributed by atoms with Gasteiger partial charge in [0.15, 0.2) is 0 Å². The van der Waals surface area contributed by atoms with Gasteiger partial charge in [0.25, 0.3) is 0 Å². The highest BCUT2D eigenvalue weighted by atomic mass is 16.5. The lowest BCUT2D eigenvalue weighted by Crippen LogP contribution is -2.46. The average molecular weight is 366 g/mol. The number of hydrogen-bond acceptors (Lipinski definition) is 8. The monoisotopic (exact) mass is 366 g/mol. The first-order valence-corrected chi connectivity index (χ1v) is 8.89. The lowest BCUT2D eigenvalue weighted by Gasteiger charge is -2.36. The van der Waals surface area contributed by atoms with Crippen LogP contribution in [0.3, 0.4) is 0 Å². The summed E-state index contributed by atoms with van der Waals surface area (Å²) >= 11 is 0. The lowest BCUT2D eigenvalue weighted by molar-refractivity contribution is 0.245. The molecule has 0 saturated carbocycles. The third kappa shape index (κ3) is 3.75.